The number of benzene rings is 2. The molecule has 1 amide bonds. The fourth-order valence-corrected chi connectivity index (χ4v) is 3.94. The molecule has 1 aliphatic rings. The number of hydrogen-bond donors (Lipinski definition) is 0. The number of ether oxygens (including phenoxy) is 1. The van der Waals surface area contributed by atoms with Crippen molar-refractivity contribution in [2.75, 3.05) is 31.6 Å². The molecule has 1 fully saturated rings. The molecule has 2 aromatic rings. The quantitative estimate of drug-likeness (QED) is 0.681. The van der Waals surface area contributed by atoms with Crippen molar-refractivity contribution in [3.05, 3.63) is 70.0 Å². The molecule has 0 aromatic heterocycles. The van der Waals surface area contributed by atoms with Gasteiger partial charge in [0.2, 0.25) is 0 Å². The summed E-state index contributed by atoms with van der Waals surface area (Å²) in [5.41, 5.74) is 3.88. The predicted octanol–water partition coefficient (Wildman–Crippen LogP) is 4.42. The van der Waals surface area contributed by atoms with E-state index in [-0.39, 0.29) is 17.5 Å². The minimum atomic E-state index is -1.05. The Balaban J connectivity index is 1.84. The lowest BCUT2D eigenvalue weighted by molar-refractivity contribution is 0.0673. The number of piperazine rings is 1. The molecule has 2 aromatic carbocycles. The fraction of sp³-hybridized carbons (Fsp3) is 0.333. The van der Waals surface area contributed by atoms with Gasteiger partial charge in [-0.05, 0) is 55.7 Å². The normalized spacial score (nSPS) is 16.5. The largest absolute Gasteiger partial charge is 0.504 e. The Bertz CT molecular complexity index is 1080. The molecule has 3 rings (SSSR count). The number of rotatable bonds is 4. The van der Waals surface area contributed by atoms with Crippen LogP contribution >= 0.6 is 0 Å². The maximum Gasteiger partial charge on any atom is 0.254 e. The van der Waals surface area contributed by atoms with Crippen molar-refractivity contribution >= 4 is 17.7 Å². The first-order valence-corrected chi connectivity index (χ1v) is 10.0. The summed E-state index contributed by atoms with van der Waals surface area (Å²) in [5, 5.41) is 9.31. The Hall–Kier alpha value is -3.40. The van der Waals surface area contributed by atoms with Gasteiger partial charge >= 0.3 is 0 Å². The van der Waals surface area contributed by atoms with Gasteiger partial charge in [0.25, 0.3) is 5.91 Å². The van der Waals surface area contributed by atoms with Crippen LogP contribution < -0.4 is 4.90 Å². The topological polar surface area (TPSA) is 56.6 Å². The highest BCUT2D eigenvalue weighted by molar-refractivity contribution is 5.97. The lowest BCUT2D eigenvalue weighted by Crippen LogP contribution is -2.54. The molecule has 0 aliphatic carbocycles. The number of anilines is 1. The minimum Gasteiger partial charge on any atom is -0.504 e. The number of carbonyl (C=O) groups is 1. The van der Waals surface area contributed by atoms with Gasteiger partial charge in [0.1, 0.15) is 6.07 Å². The van der Waals surface area contributed by atoms with Gasteiger partial charge in [0, 0.05) is 37.3 Å². The lowest BCUT2D eigenvalue weighted by Gasteiger charge is -2.41. The van der Waals surface area contributed by atoms with Crippen LogP contribution in [0.15, 0.2) is 30.5 Å². The van der Waals surface area contributed by atoms with E-state index in [1.165, 1.54) is 0 Å². The SMILES string of the molecule is CO/C=C/c1cc(C(=O)N2CCN(c3cc(F)c(F)cc3C#N)C[C@@H]2C)c(C)cc1C. The molecule has 7 heteroatoms. The number of nitrogens with zero attached hydrogens (tertiary/aromatic N) is 3. The van der Waals surface area contributed by atoms with Gasteiger partial charge < -0.3 is 14.5 Å². The van der Waals surface area contributed by atoms with Crippen molar-refractivity contribution in [2.45, 2.75) is 26.8 Å². The smallest absolute Gasteiger partial charge is 0.254 e. The number of aryl methyl sites for hydroxylation is 2. The van der Waals surface area contributed by atoms with Crippen LogP contribution in [-0.4, -0.2) is 43.6 Å². The number of carbonyl (C=O) groups excluding carboxylic acids is 1. The monoisotopic (exact) mass is 425 g/mol. The lowest BCUT2D eigenvalue weighted by atomic mass is 9.98. The zero-order valence-corrected chi connectivity index (χ0v) is 18.1. The maximum atomic E-state index is 13.8. The summed E-state index contributed by atoms with van der Waals surface area (Å²) < 4.78 is 32.3. The highest BCUT2D eigenvalue weighted by Crippen LogP contribution is 2.27. The van der Waals surface area contributed by atoms with Crippen molar-refractivity contribution < 1.29 is 18.3 Å². The van der Waals surface area contributed by atoms with E-state index in [0.717, 1.165) is 28.8 Å². The molecule has 0 N–H and O–H groups in total. The number of methoxy groups -OCH3 is 1. The van der Waals surface area contributed by atoms with E-state index >= 15 is 0 Å². The molecule has 1 saturated heterocycles. The average Bonchev–Trinajstić information content (AvgIpc) is 2.74. The van der Waals surface area contributed by atoms with E-state index in [1.54, 1.807) is 18.3 Å². The Labute approximate surface area is 181 Å². The second-order valence-corrected chi connectivity index (χ2v) is 7.75. The summed E-state index contributed by atoms with van der Waals surface area (Å²) in [4.78, 5) is 16.9. The van der Waals surface area contributed by atoms with Gasteiger partial charge in [-0.1, -0.05) is 6.07 Å². The van der Waals surface area contributed by atoms with Gasteiger partial charge in [-0.25, -0.2) is 8.78 Å². The fourth-order valence-electron chi connectivity index (χ4n) is 3.94. The summed E-state index contributed by atoms with van der Waals surface area (Å²) in [6, 6.07) is 7.55. The number of hydrogen-bond acceptors (Lipinski definition) is 4. The van der Waals surface area contributed by atoms with Crippen LogP contribution in [0.4, 0.5) is 14.5 Å². The van der Waals surface area contributed by atoms with Crippen LogP contribution in [0.3, 0.4) is 0 Å². The first-order valence-electron chi connectivity index (χ1n) is 10.0. The highest BCUT2D eigenvalue weighted by atomic mass is 19.2. The van der Waals surface area contributed by atoms with Crippen molar-refractivity contribution in [1.29, 1.82) is 5.26 Å². The van der Waals surface area contributed by atoms with Crippen molar-refractivity contribution in [2.24, 2.45) is 0 Å². The maximum absolute atomic E-state index is 13.8. The van der Waals surface area contributed by atoms with E-state index < -0.39 is 11.6 Å². The molecule has 0 saturated carbocycles. The third kappa shape index (κ3) is 4.53. The van der Waals surface area contributed by atoms with Gasteiger partial charge in [0.15, 0.2) is 11.6 Å². The second kappa shape index (κ2) is 9.17. The molecule has 162 valence electrons. The van der Waals surface area contributed by atoms with E-state index in [4.69, 9.17) is 4.74 Å². The van der Waals surface area contributed by atoms with Crippen LogP contribution in [0, 0.1) is 36.8 Å². The third-order valence-electron chi connectivity index (χ3n) is 5.62. The first kappa shape index (κ1) is 22.3. The molecule has 0 radical (unpaired) electrons. The molecule has 1 aliphatic heterocycles. The van der Waals surface area contributed by atoms with E-state index in [2.05, 4.69) is 0 Å². The van der Waals surface area contributed by atoms with E-state index in [9.17, 15) is 18.8 Å². The van der Waals surface area contributed by atoms with E-state index in [0.29, 0.717) is 30.9 Å². The van der Waals surface area contributed by atoms with Crippen molar-refractivity contribution in [1.82, 2.24) is 4.90 Å². The van der Waals surface area contributed by atoms with Gasteiger partial charge in [-0.3, -0.25) is 4.79 Å². The second-order valence-electron chi connectivity index (χ2n) is 7.75. The average molecular weight is 425 g/mol. The van der Waals surface area contributed by atoms with Crippen molar-refractivity contribution in [3.63, 3.8) is 0 Å². The van der Waals surface area contributed by atoms with Crippen LogP contribution in [0.2, 0.25) is 0 Å². The Morgan fingerprint density at radius 1 is 1.16 bits per heavy atom. The van der Waals surface area contributed by atoms with Crippen LogP contribution in [0.25, 0.3) is 6.08 Å². The molecule has 0 unspecified atom stereocenters. The van der Waals surface area contributed by atoms with Crippen LogP contribution in [-0.2, 0) is 4.74 Å². The van der Waals surface area contributed by atoms with Gasteiger partial charge in [-0.2, -0.15) is 5.26 Å². The summed E-state index contributed by atoms with van der Waals surface area (Å²) in [5.74, 6) is -2.12. The Morgan fingerprint density at radius 3 is 2.52 bits per heavy atom. The third-order valence-corrected chi connectivity index (χ3v) is 5.62. The van der Waals surface area contributed by atoms with Gasteiger partial charge in [0.05, 0.1) is 24.6 Å². The molecular formula is C24H25F2N3O2. The summed E-state index contributed by atoms with van der Waals surface area (Å²) >= 11 is 0. The number of nitriles is 1. The molecule has 5 nitrogen and oxygen atoms in total. The molecule has 1 heterocycles. The zero-order valence-electron chi connectivity index (χ0n) is 18.1. The van der Waals surface area contributed by atoms with Crippen molar-refractivity contribution in [3.8, 4) is 6.07 Å². The van der Waals surface area contributed by atoms with E-state index in [1.807, 2.05) is 49.9 Å². The Kier molecular flexibility index (Phi) is 6.59. The summed E-state index contributed by atoms with van der Waals surface area (Å²) in [6.07, 6.45) is 3.39. The molecule has 0 spiro atoms. The molecule has 31 heavy (non-hydrogen) atoms. The minimum absolute atomic E-state index is 0.0785. The van der Waals surface area contributed by atoms with Crippen LogP contribution in [0.5, 0.6) is 0 Å². The molecule has 1 atom stereocenters. The Morgan fingerprint density at radius 2 is 1.87 bits per heavy atom. The number of amides is 1. The van der Waals surface area contributed by atoms with Crippen LogP contribution in [0.1, 0.15) is 39.5 Å². The molecular weight excluding hydrogens is 400 g/mol. The number of halogens is 2. The summed E-state index contributed by atoms with van der Waals surface area (Å²) in [6.45, 7) is 7.02. The first-order chi connectivity index (χ1) is 14.8. The standard InChI is InChI=1S/C24H25F2N3O2/c1-15-9-16(2)20(10-18(15)5-8-31-4)24(30)29-7-6-28(14-17(29)3)23-12-22(26)21(25)11-19(23)13-27/h5,8-12,17H,6-7,14H2,1-4H3/b8-5+/t17-/m0/s1. The summed E-state index contributed by atoms with van der Waals surface area (Å²) in [7, 11) is 1.57. The zero-order chi connectivity index (χ0) is 22.7. The highest BCUT2D eigenvalue weighted by Gasteiger charge is 2.30. The molecule has 0 bridgehead atoms. The predicted molar refractivity (Wildman–Crippen MR) is 116 cm³/mol. The van der Waals surface area contributed by atoms with Gasteiger partial charge in [-0.15, -0.1) is 0 Å².